The van der Waals surface area contributed by atoms with Crippen LogP contribution in [0.2, 0.25) is 0 Å². The Labute approximate surface area is 165 Å². The molecule has 0 aliphatic carbocycles. The predicted molar refractivity (Wildman–Crippen MR) is 94.8 cm³/mol. The van der Waals surface area contributed by atoms with Crippen LogP contribution < -0.4 is 27.4 Å². The van der Waals surface area contributed by atoms with Gasteiger partial charge < -0.3 is 42.7 Å². The number of aliphatic hydroxyl groups excluding tert-OH is 1. The van der Waals surface area contributed by atoms with Crippen LogP contribution in [-0.4, -0.2) is 81.7 Å². The molecule has 0 saturated carbocycles. The van der Waals surface area contributed by atoms with Crippen molar-refractivity contribution in [3.8, 4) is 0 Å². The lowest BCUT2D eigenvalue weighted by Gasteiger charge is -2.22. The molecule has 4 atom stereocenters. The highest BCUT2D eigenvalue weighted by atomic mass is 16.4. The molecule has 0 aromatic carbocycles. The molecule has 0 aliphatic rings. The molecule has 14 heteroatoms. The summed E-state index contributed by atoms with van der Waals surface area (Å²) in [5.41, 5.74) is 10.3. The molecule has 0 rings (SSSR count). The minimum absolute atomic E-state index is 0.371. The second kappa shape index (κ2) is 12.2. The van der Waals surface area contributed by atoms with Crippen LogP contribution >= 0.6 is 0 Å². The lowest BCUT2D eigenvalue weighted by atomic mass is 10.1. The van der Waals surface area contributed by atoms with E-state index in [0.29, 0.717) is 0 Å². The maximum atomic E-state index is 12.1. The van der Waals surface area contributed by atoms with E-state index >= 15 is 0 Å². The summed E-state index contributed by atoms with van der Waals surface area (Å²) >= 11 is 0. The number of aliphatic carboxylic acids is 2. The van der Waals surface area contributed by atoms with E-state index in [2.05, 4.69) is 16.0 Å². The van der Waals surface area contributed by atoms with E-state index < -0.39 is 79.2 Å². The van der Waals surface area contributed by atoms with Crippen molar-refractivity contribution in [2.45, 2.75) is 50.4 Å². The fraction of sp³-hybridized carbons (Fsp3) is 0.600. The van der Waals surface area contributed by atoms with Gasteiger partial charge in [-0.15, -0.1) is 0 Å². The van der Waals surface area contributed by atoms with Crippen LogP contribution in [0.4, 0.5) is 0 Å². The monoisotopic (exact) mass is 419 g/mol. The van der Waals surface area contributed by atoms with Gasteiger partial charge in [0.05, 0.1) is 19.1 Å². The normalized spacial score (nSPS) is 14.6. The number of primary amides is 1. The van der Waals surface area contributed by atoms with E-state index in [1.807, 2.05) is 0 Å². The molecule has 29 heavy (non-hydrogen) atoms. The van der Waals surface area contributed by atoms with Crippen LogP contribution in [0.15, 0.2) is 0 Å². The average molecular weight is 419 g/mol. The van der Waals surface area contributed by atoms with Crippen LogP contribution in [0.1, 0.15) is 26.2 Å². The van der Waals surface area contributed by atoms with Gasteiger partial charge in [0.25, 0.3) is 0 Å². The summed E-state index contributed by atoms with van der Waals surface area (Å²) in [5, 5.41) is 33.2. The number of aliphatic hydroxyl groups is 1. The zero-order valence-electron chi connectivity index (χ0n) is 15.6. The van der Waals surface area contributed by atoms with Crippen molar-refractivity contribution in [1.29, 1.82) is 0 Å². The number of carboxylic acid groups (broad SMARTS) is 2. The first kappa shape index (κ1) is 25.7. The maximum absolute atomic E-state index is 12.1. The largest absolute Gasteiger partial charge is 0.481 e. The Morgan fingerprint density at radius 3 is 1.90 bits per heavy atom. The standard InChI is InChI=1S/C15H25N5O9/c1-6(12(25)19-8(15(28)29)2-3-11(23)24)18-14(27)9(5-21)20-13(26)7(16)4-10(17)22/h6-9,21H,2-5,16H2,1H3,(H2,17,22)(H,18,27)(H,19,25)(H,20,26)(H,23,24)(H,28,29). The maximum Gasteiger partial charge on any atom is 0.326 e. The average Bonchev–Trinajstić information content (AvgIpc) is 2.61. The molecule has 10 N–H and O–H groups in total. The van der Waals surface area contributed by atoms with E-state index in [4.69, 9.17) is 21.7 Å². The van der Waals surface area contributed by atoms with E-state index in [0.717, 1.165) is 0 Å². The van der Waals surface area contributed by atoms with Gasteiger partial charge in [-0.05, 0) is 13.3 Å². The zero-order valence-corrected chi connectivity index (χ0v) is 15.6. The minimum atomic E-state index is -1.50. The second-order valence-corrected chi connectivity index (χ2v) is 6.08. The SMILES string of the molecule is CC(NC(=O)C(CO)NC(=O)C(N)CC(N)=O)C(=O)NC(CCC(=O)O)C(=O)O. The van der Waals surface area contributed by atoms with Crippen LogP contribution in [0.25, 0.3) is 0 Å². The number of hydrogen-bond acceptors (Lipinski definition) is 8. The summed E-state index contributed by atoms with van der Waals surface area (Å²) < 4.78 is 0. The van der Waals surface area contributed by atoms with Gasteiger partial charge in [0.1, 0.15) is 18.1 Å². The van der Waals surface area contributed by atoms with Crippen LogP contribution in [0, 0.1) is 0 Å². The number of hydrogen-bond donors (Lipinski definition) is 8. The molecule has 164 valence electrons. The lowest BCUT2D eigenvalue weighted by molar-refractivity contribution is -0.143. The van der Waals surface area contributed by atoms with Gasteiger partial charge >= 0.3 is 11.9 Å². The van der Waals surface area contributed by atoms with Crippen molar-refractivity contribution >= 4 is 35.6 Å². The highest BCUT2D eigenvalue weighted by Gasteiger charge is 2.28. The van der Waals surface area contributed by atoms with Crippen LogP contribution in [0.5, 0.6) is 0 Å². The van der Waals surface area contributed by atoms with Gasteiger partial charge in [-0.2, -0.15) is 0 Å². The summed E-state index contributed by atoms with van der Waals surface area (Å²) in [6.45, 7) is 0.351. The number of carboxylic acids is 2. The molecule has 0 fully saturated rings. The molecule has 0 saturated heterocycles. The summed E-state index contributed by atoms with van der Waals surface area (Å²) in [6, 6.07) is -5.61. The van der Waals surface area contributed by atoms with Gasteiger partial charge in [0.15, 0.2) is 0 Å². The first-order valence-electron chi connectivity index (χ1n) is 8.39. The molecule has 0 aromatic rings. The van der Waals surface area contributed by atoms with Crippen molar-refractivity contribution < 1.29 is 44.1 Å². The molecule has 4 unspecified atom stereocenters. The smallest absolute Gasteiger partial charge is 0.326 e. The molecule has 0 aromatic heterocycles. The Bertz CT molecular complexity index is 654. The molecular weight excluding hydrogens is 394 g/mol. The third-order valence-electron chi connectivity index (χ3n) is 3.59. The fourth-order valence-corrected chi connectivity index (χ4v) is 1.98. The predicted octanol–water partition coefficient (Wildman–Crippen LogP) is -4.39. The minimum Gasteiger partial charge on any atom is -0.481 e. The Morgan fingerprint density at radius 2 is 1.45 bits per heavy atom. The van der Waals surface area contributed by atoms with E-state index in [1.54, 1.807) is 0 Å². The molecule has 0 bridgehead atoms. The first-order chi connectivity index (χ1) is 13.4. The number of nitrogens with one attached hydrogen (secondary N) is 3. The summed E-state index contributed by atoms with van der Waals surface area (Å²) in [7, 11) is 0. The molecule has 4 amide bonds. The van der Waals surface area contributed by atoms with Gasteiger partial charge in [-0.25, -0.2) is 4.79 Å². The zero-order chi connectivity index (χ0) is 22.7. The number of carbonyl (C=O) groups excluding carboxylic acids is 4. The highest BCUT2D eigenvalue weighted by Crippen LogP contribution is 1.99. The topological polar surface area (TPSA) is 251 Å². The van der Waals surface area contributed by atoms with Crippen molar-refractivity contribution in [1.82, 2.24) is 16.0 Å². The van der Waals surface area contributed by atoms with E-state index in [1.165, 1.54) is 6.92 Å². The van der Waals surface area contributed by atoms with E-state index in [9.17, 15) is 33.9 Å². The van der Waals surface area contributed by atoms with Gasteiger partial charge in [-0.1, -0.05) is 0 Å². The third kappa shape index (κ3) is 10.0. The van der Waals surface area contributed by atoms with Crippen molar-refractivity contribution in [3.63, 3.8) is 0 Å². The van der Waals surface area contributed by atoms with Crippen molar-refractivity contribution in [2.75, 3.05) is 6.61 Å². The number of amides is 4. The highest BCUT2D eigenvalue weighted by molar-refractivity contribution is 5.94. The Balaban J connectivity index is 4.82. The number of nitrogens with two attached hydrogens (primary N) is 2. The molecule has 14 nitrogen and oxygen atoms in total. The molecule has 0 spiro atoms. The Morgan fingerprint density at radius 1 is 0.897 bits per heavy atom. The summed E-state index contributed by atoms with van der Waals surface area (Å²) in [5.74, 6) is -6.39. The fourth-order valence-electron chi connectivity index (χ4n) is 1.98. The van der Waals surface area contributed by atoms with Gasteiger partial charge in [-0.3, -0.25) is 24.0 Å². The number of carbonyl (C=O) groups is 6. The van der Waals surface area contributed by atoms with Gasteiger partial charge in [0, 0.05) is 6.42 Å². The molecular formula is C15H25N5O9. The van der Waals surface area contributed by atoms with Crippen molar-refractivity contribution in [3.05, 3.63) is 0 Å². The summed E-state index contributed by atoms with van der Waals surface area (Å²) in [4.78, 5) is 68.3. The Kier molecular flexibility index (Phi) is 10.9. The van der Waals surface area contributed by atoms with Gasteiger partial charge in [0.2, 0.25) is 23.6 Å². The second-order valence-electron chi connectivity index (χ2n) is 6.08. The van der Waals surface area contributed by atoms with Crippen LogP contribution in [0.3, 0.4) is 0 Å². The molecule has 0 radical (unpaired) electrons. The van der Waals surface area contributed by atoms with Crippen molar-refractivity contribution in [2.24, 2.45) is 11.5 Å². The Hall–Kier alpha value is -3.26. The first-order valence-corrected chi connectivity index (χ1v) is 8.39. The summed E-state index contributed by atoms with van der Waals surface area (Å²) in [6.07, 6.45) is -1.36. The molecule has 0 aliphatic heterocycles. The number of rotatable bonds is 13. The third-order valence-corrected chi connectivity index (χ3v) is 3.59. The lowest BCUT2D eigenvalue weighted by Crippen LogP contribution is -2.57. The van der Waals surface area contributed by atoms with E-state index in [-0.39, 0.29) is 6.42 Å². The van der Waals surface area contributed by atoms with Crippen LogP contribution in [-0.2, 0) is 28.8 Å². The quantitative estimate of drug-likeness (QED) is 0.142. The molecule has 0 heterocycles.